The van der Waals surface area contributed by atoms with Gasteiger partial charge in [-0.1, -0.05) is 37.6 Å². The zero-order valence-corrected chi connectivity index (χ0v) is 17.7. The summed E-state index contributed by atoms with van der Waals surface area (Å²) < 4.78 is 10.5. The number of hydrogen-bond acceptors (Lipinski definition) is 4. The molecule has 0 saturated heterocycles. The van der Waals surface area contributed by atoms with Crippen molar-refractivity contribution in [3.05, 3.63) is 59.2 Å². The van der Waals surface area contributed by atoms with Crippen molar-refractivity contribution in [1.82, 2.24) is 10.6 Å². The van der Waals surface area contributed by atoms with E-state index in [-0.39, 0.29) is 17.7 Å². The van der Waals surface area contributed by atoms with Crippen LogP contribution in [0.25, 0.3) is 0 Å². The molecule has 0 radical (unpaired) electrons. The van der Waals surface area contributed by atoms with Crippen LogP contribution < -0.4 is 20.1 Å². The van der Waals surface area contributed by atoms with E-state index in [0.29, 0.717) is 30.0 Å². The summed E-state index contributed by atoms with van der Waals surface area (Å²) in [5.74, 6) is 0.839. The van der Waals surface area contributed by atoms with Gasteiger partial charge >= 0.3 is 0 Å². The van der Waals surface area contributed by atoms with Gasteiger partial charge in [0, 0.05) is 12.1 Å². The Morgan fingerprint density at radius 3 is 2.21 bits per heavy atom. The van der Waals surface area contributed by atoms with Crippen LogP contribution in [0.2, 0.25) is 0 Å². The van der Waals surface area contributed by atoms with Gasteiger partial charge in [-0.2, -0.15) is 0 Å². The number of carbonyl (C=O) groups is 2. The molecule has 1 unspecified atom stereocenters. The van der Waals surface area contributed by atoms with E-state index in [9.17, 15) is 9.59 Å². The number of aryl methyl sites for hydroxylation is 1. The Bertz CT molecular complexity index is 831. The SMILES string of the molecule is COc1ccc(CCNC(=O)C(NC(=O)c2ccc(C)cc2)C(C)C)cc1OC. The van der Waals surface area contributed by atoms with Crippen LogP contribution in [0, 0.1) is 12.8 Å². The standard InChI is InChI=1S/C23H30N2O4/c1-15(2)21(25-22(26)18-9-6-16(3)7-10-18)23(27)24-13-12-17-8-11-19(28-4)20(14-17)29-5/h6-11,14-15,21H,12-13H2,1-5H3,(H,24,27)(H,25,26). The molecule has 0 saturated carbocycles. The zero-order valence-electron chi connectivity index (χ0n) is 17.7. The first-order chi connectivity index (χ1) is 13.8. The number of rotatable bonds is 9. The molecule has 0 heterocycles. The molecule has 6 nitrogen and oxygen atoms in total. The highest BCUT2D eigenvalue weighted by molar-refractivity contribution is 5.97. The molecular weight excluding hydrogens is 368 g/mol. The molecule has 156 valence electrons. The minimum atomic E-state index is -0.603. The Morgan fingerprint density at radius 2 is 1.62 bits per heavy atom. The first kappa shape index (κ1) is 22.3. The maximum atomic E-state index is 12.6. The third-order valence-corrected chi connectivity index (χ3v) is 4.71. The van der Waals surface area contributed by atoms with E-state index in [1.807, 2.05) is 51.1 Å². The van der Waals surface area contributed by atoms with Crippen LogP contribution in [0.15, 0.2) is 42.5 Å². The molecule has 2 N–H and O–H groups in total. The zero-order chi connectivity index (χ0) is 21.4. The second kappa shape index (κ2) is 10.5. The molecule has 6 heteroatoms. The fourth-order valence-corrected chi connectivity index (χ4v) is 2.94. The van der Waals surface area contributed by atoms with Crippen molar-refractivity contribution < 1.29 is 19.1 Å². The average Bonchev–Trinajstić information content (AvgIpc) is 2.71. The number of ether oxygens (including phenoxy) is 2. The topological polar surface area (TPSA) is 76.7 Å². The normalized spacial score (nSPS) is 11.7. The van der Waals surface area contributed by atoms with E-state index in [1.54, 1.807) is 26.4 Å². The van der Waals surface area contributed by atoms with Gasteiger partial charge in [0.1, 0.15) is 6.04 Å². The summed E-state index contributed by atoms with van der Waals surface area (Å²) in [5.41, 5.74) is 2.64. The molecule has 0 aliphatic rings. The Labute approximate surface area is 172 Å². The first-order valence-corrected chi connectivity index (χ1v) is 9.71. The molecule has 0 spiro atoms. The second-order valence-corrected chi connectivity index (χ2v) is 7.29. The molecule has 1 atom stereocenters. The Hall–Kier alpha value is -3.02. The number of carbonyl (C=O) groups excluding carboxylic acids is 2. The summed E-state index contributed by atoms with van der Waals surface area (Å²) in [7, 11) is 3.18. The van der Waals surface area contributed by atoms with Crippen molar-refractivity contribution in [2.45, 2.75) is 33.2 Å². The summed E-state index contributed by atoms with van der Waals surface area (Å²) in [6.07, 6.45) is 0.642. The van der Waals surface area contributed by atoms with Crippen LogP contribution >= 0.6 is 0 Å². The van der Waals surface area contributed by atoms with Crippen molar-refractivity contribution in [3.63, 3.8) is 0 Å². The number of methoxy groups -OCH3 is 2. The molecule has 2 amide bonds. The summed E-state index contributed by atoms with van der Waals surface area (Å²) in [4.78, 5) is 25.1. The molecule has 0 bridgehead atoms. The van der Waals surface area contributed by atoms with E-state index >= 15 is 0 Å². The molecule has 2 aromatic carbocycles. The van der Waals surface area contributed by atoms with Gasteiger partial charge < -0.3 is 20.1 Å². The van der Waals surface area contributed by atoms with E-state index in [1.165, 1.54) is 0 Å². The van der Waals surface area contributed by atoms with E-state index in [2.05, 4.69) is 10.6 Å². The smallest absolute Gasteiger partial charge is 0.251 e. The van der Waals surface area contributed by atoms with Crippen molar-refractivity contribution in [2.24, 2.45) is 5.92 Å². The fourth-order valence-electron chi connectivity index (χ4n) is 2.94. The maximum absolute atomic E-state index is 12.6. The number of amides is 2. The second-order valence-electron chi connectivity index (χ2n) is 7.29. The van der Waals surface area contributed by atoms with E-state index in [4.69, 9.17) is 9.47 Å². The minimum absolute atomic E-state index is 0.0366. The van der Waals surface area contributed by atoms with Crippen molar-refractivity contribution in [2.75, 3.05) is 20.8 Å². The van der Waals surface area contributed by atoms with Crippen LogP contribution in [0.4, 0.5) is 0 Å². The largest absolute Gasteiger partial charge is 0.493 e. The van der Waals surface area contributed by atoms with Crippen LogP contribution in [0.3, 0.4) is 0 Å². The minimum Gasteiger partial charge on any atom is -0.493 e. The predicted molar refractivity (Wildman–Crippen MR) is 114 cm³/mol. The van der Waals surface area contributed by atoms with Gasteiger partial charge in [-0.25, -0.2) is 0 Å². The van der Waals surface area contributed by atoms with Crippen LogP contribution in [0.5, 0.6) is 11.5 Å². The van der Waals surface area contributed by atoms with Crippen molar-refractivity contribution in [3.8, 4) is 11.5 Å². The summed E-state index contributed by atoms with van der Waals surface area (Å²) in [5, 5.41) is 5.77. The maximum Gasteiger partial charge on any atom is 0.251 e. The van der Waals surface area contributed by atoms with Crippen molar-refractivity contribution >= 4 is 11.8 Å². The Balaban J connectivity index is 1.94. The molecule has 2 rings (SSSR count). The van der Waals surface area contributed by atoms with Gasteiger partial charge in [0.25, 0.3) is 5.91 Å². The monoisotopic (exact) mass is 398 g/mol. The van der Waals surface area contributed by atoms with E-state index < -0.39 is 6.04 Å². The summed E-state index contributed by atoms with van der Waals surface area (Å²) >= 11 is 0. The highest BCUT2D eigenvalue weighted by Crippen LogP contribution is 2.27. The summed E-state index contributed by atoms with van der Waals surface area (Å²) in [6, 6.07) is 12.3. The lowest BCUT2D eigenvalue weighted by molar-refractivity contribution is -0.123. The molecule has 2 aromatic rings. The van der Waals surface area contributed by atoms with Gasteiger partial charge in [-0.3, -0.25) is 9.59 Å². The third-order valence-electron chi connectivity index (χ3n) is 4.71. The third kappa shape index (κ3) is 6.24. The fraction of sp³-hybridized carbons (Fsp3) is 0.391. The number of benzene rings is 2. The molecule has 0 aliphatic heterocycles. The van der Waals surface area contributed by atoms with Crippen LogP contribution in [-0.4, -0.2) is 38.6 Å². The lowest BCUT2D eigenvalue weighted by atomic mass is 10.0. The quantitative estimate of drug-likeness (QED) is 0.680. The van der Waals surface area contributed by atoms with Crippen LogP contribution in [-0.2, 0) is 11.2 Å². The molecule has 0 aliphatic carbocycles. The van der Waals surface area contributed by atoms with Gasteiger partial charge in [-0.05, 0) is 49.1 Å². The molecule has 0 fully saturated rings. The molecule has 0 aromatic heterocycles. The number of nitrogens with one attached hydrogen (secondary N) is 2. The molecule has 29 heavy (non-hydrogen) atoms. The molecular formula is C23H30N2O4. The Kier molecular flexibility index (Phi) is 8.07. The summed E-state index contributed by atoms with van der Waals surface area (Å²) in [6.45, 7) is 6.24. The van der Waals surface area contributed by atoms with Crippen LogP contribution in [0.1, 0.15) is 35.3 Å². The van der Waals surface area contributed by atoms with Gasteiger partial charge in [0.15, 0.2) is 11.5 Å². The van der Waals surface area contributed by atoms with Gasteiger partial charge in [0.05, 0.1) is 14.2 Å². The first-order valence-electron chi connectivity index (χ1n) is 9.71. The van der Waals surface area contributed by atoms with Crippen molar-refractivity contribution in [1.29, 1.82) is 0 Å². The lowest BCUT2D eigenvalue weighted by Gasteiger charge is -2.22. The average molecular weight is 399 g/mol. The Morgan fingerprint density at radius 1 is 0.966 bits per heavy atom. The van der Waals surface area contributed by atoms with E-state index in [0.717, 1.165) is 11.1 Å². The number of hydrogen-bond donors (Lipinski definition) is 2. The highest BCUT2D eigenvalue weighted by Gasteiger charge is 2.24. The lowest BCUT2D eigenvalue weighted by Crippen LogP contribution is -2.50. The van der Waals surface area contributed by atoms with Gasteiger partial charge in [0.2, 0.25) is 5.91 Å². The highest BCUT2D eigenvalue weighted by atomic mass is 16.5. The van der Waals surface area contributed by atoms with Gasteiger partial charge in [-0.15, -0.1) is 0 Å². The predicted octanol–water partition coefficient (Wildman–Crippen LogP) is 3.13.